The number of carbonyl (C=O) groups excluding carboxylic acids is 1. The van der Waals surface area contributed by atoms with E-state index in [1.807, 2.05) is 13.8 Å². The summed E-state index contributed by atoms with van der Waals surface area (Å²) in [4.78, 5) is 12.5. The minimum atomic E-state index is -3.76. The second-order valence-electron chi connectivity index (χ2n) is 5.91. The Balaban J connectivity index is 2.08. The number of amides is 1. The van der Waals surface area contributed by atoms with E-state index in [1.165, 1.54) is 18.4 Å². The van der Waals surface area contributed by atoms with Crippen molar-refractivity contribution in [3.63, 3.8) is 0 Å². The Hall–Kier alpha value is -2.12. The zero-order valence-corrected chi connectivity index (χ0v) is 14.5. The lowest BCUT2D eigenvalue weighted by atomic mass is 10.0. The Labute approximate surface area is 142 Å². The van der Waals surface area contributed by atoms with E-state index >= 15 is 0 Å². The minimum absolute atomic E-state index is 0.137. The number of nitrogens with one attached hydrogen (secondary N) is 2. The van der Waals surface area contributed by atoms with Crippen LogP contribution in [0.25, 0.3) is 0 Å². The highest BCUT2D eigenvalue weighted by molar-refractivity contribution is 7.89. The van der Waals surface area contributed by atoms with Gasteiger partial charge in [-0.2, -0.15) is 4.72 Å². The van der Waals surface area contributed by atoms with E-state index in [0.29, 0.717) is 12.2 Å². The van der Waals surface area contributed by atoms with Crippen molar-refractivity contribution in [3.8, 4) is 0 Å². The van der Waals surface area contributed by atoms with Crippen LogP contribution in [-0.4, -0.2) is 20.4 Å². The van der Waals surface area contributed by atoms with Crippen LogP contribution in [0.3, 0.4) is 0 Å². The third-order valence-electron chi connectivity index (χ3n) is 3.39. The van der Waals surface area contributed by atoms with E-state index in [2.05, 4.69) is 10.0 Å². The van der Waals surface area contributed by atoms with Gasteiger partial charge in [-0.15, -0.1) is 0 Å². The van der Waals surface area contributed by atoms with E-state index in [9.17, 15) is 13.2 Å². The van der Waals surface area contributed by atoms with E-state index in [-0.39, 0.29) is 23.3 Å². The Morgan fingerprint density at radius 1 is 1.12 bits per heavy atom. The molecule has 0 aliphatic heterocycles. The van der Waals surface area contributed by atoms with Crippen molar-refractivity contribution in [3.05, 3.63) is 54.5 Å². The third kappa shape index (κ3) is 5.21. The normalized spacial score (nSPS) is 13.0. The lowest BCUT2D eigenvalue weighted by Crippen LogP contribution is -2.47. The molecule has 7 heteroatoms. The molecule has 0 bridgehead atoms. The molecule has 2 N–H and O–H groups in total. The van der Waals surface area contributed by atoms with Crippen LogP contribution in [-0.2, 0) is 21.4 Å². The molecule has 0 unspecified atom stereocenters. The maximum absolute atomic E-state index is 12.5. The van der Waals surface area contributed by atoms with Crippen molar-refractivity contribution in [2.75, 3.05) is 0 Å². The highest BCUT2D eigenvalue weighted by Gasteiger charge is 2.26. The summed E-state index contributed by atoms with van der Waals surface area (Å²) in [5, 5.41) is 2.70. The maximum atomic E-state index is 12.5. The summed E-state index contributed by atoms with van der Waals surface area (Å²) >= 11 is 0. The Morgan fingerprint density at radius 3 is 2.42 bits per heavy atom. The number of sulfonamides is 1. The Bertz CT molecular complexity index is 740. The summed E-state index contributed by atoms with van der Waals surface area (Å²) in [5.41, 5.74) is 0. The highest BCUT2D eigenvalue weighted by Crippen LogP contribution is 2.12. The van der Waals surface area contributed by atoms with Gasteiger partial charge in [-0.05, 0) is 36.6 Å². The SMILES string of the molecule is CC(C)C[C@@H](NS(=O)(=O)c1ccccc1)C(=O)NCc1ccco1. The van der Waals surface area contributed by atoms with Crippen molar-refractivity contribution < 1.29 is 17.6 Å². The van der Waals surface area contributed by atoms with Gasteiger partial charge >= 0.3 is 0 Å². The van der Waals surface area contributed by atoms with Gasteiger partial charge in [0.25, 0.3) is 0 Å². The number of furan rings is 1. The fourth-order valence-electron chi connectivity index (χ4n) is 2.25. The summed E-state index contributed by atoms with van der Waals surface area (Å²) in [7, 11) is -3.76. The Morgan fingerprint density at radius 2 is 1.83 bits per heavy atom. The van der Waals surface area contributed by atoms with Crippen LogP contribution in [0.15, 0.2) is 58.0 Å². The summed E-state index contributed by atoms with van der Waals surface area (Å²) in [6.07, 6.45) is 1.92. The molecule has 130 valence electrons. The van der Waals surface area contributed by atoms with Crippen molar-refractivity contribution in [1.82, 2.24) is 10.0 Å². The molecular weight excluding hydrogens is 328 g/mol. The third-order valence-corrected chi connectivity index (χ3v) is 4.88. The number of benzene rings is 1. The topological polar surface area (TPSA) is 88.4 Å². The fraction of sp³-hybridized carbons (Fsp3) is 0.353. The smallest absolute Gasteiger partial charge is 0.241 e. The first-order valence-corrected chi connectivity index (χ1v) is 9.24. The van der Waals surface area contributed by atoms with E-state index in [0.717, 1.165) is 0 Å². The van der Waals surface area contributed by atoms with Crippen LogP contribution in [0.1, 0.15) is 26.0 Å². The molecule has 1 amide bonds. The first-order chi connectivity index (χ1) is 11.4. The molecule has 0 aliphatic rings. The minimum Gasteiger partial charge on any atom is -0.467 e. The predicted octanol–water partition coefficient (Wildman–Crippen LogP) is 2.29. The van der Waals surface area contributed by atoms with Crippen LogP contribution in [0.2, 0.25) is 0 Å². The quantitative estimate of drug-likeness (QED) is 0.764. The summed E-state index contributed by atoms with van der Waals surface area (Å²) in [6, 6.07) is 10.6. The van der Waals surface area contributed by atoms with Crippen LogP contribution in [0, 0.1) is 5.92 Å². The molecule has 2 rings (SSSR count). The van der Waals surface area contributed by atoms with Crippen LogP contribution >= 0.6 is 0 Å². The van der Waals surface area contributed by atoms with Gasteiger partial charge in [0.1, 0.15) is 11.8 Å². The van der Waals surface area contributed by atoms with Crippen LogP contribution in [0.4, 0.5) is 0 Å². The number of carbonyl (C=O) groups is 1. The van der Waals surface area contributed by atoms with Gasteiger partial charge in [0, 0.05) is 0 Å². The molecule has 1 aromatic heterocycles. The molecular formula is C17H22N2O4S. The van der Waals surface area contributed by atoms with Crippen molar-refractivity contribution in [2.24, 2.45) is 5.92 Å². The molecule has 1 atom stereocenters. The van der Waals surface area contributed by atoms with E-state index in [4.69, 9.17) is 4.42 Å². The molecule has 0 aliphatic carbocycles. The Kier molecular flexibility index (Phi) is 6.16. The fourth-order valence-corrected chi connectivity index (χ4v) is 3.47. The lowest BCUT2D eigenvalue weighted by Gasteiger charge is -2.20. The maximum Gasteiger partial charge on any atom is 0.241 e. The molecule has 1 aromatic carbocycles. The largest absolute Gasteiger partial charge is 0.467 e. The molecule has 0 saturated heterocycles. The molecule has 0 radical (unpaired) electrons. The van der Waals surface area contributed by atoms with Crippen molar-refractivity contribution >= 4 is 15.9 Å². The second-order valence-corrected chi connectivity index (χ2v) is 7.63. The van der Waals surface area contributed by atoms with E-state index in [1.54, 1.807) is 30.3 Å². The molecule has 24 heavy (non-hydrogen) atoms. The lowest BCUT2D eigenvalue weighted by molar-refractivity contribution is -0.123. The highest BCUT2D eigenvalue weighted by atomic mass is 32.2. The van der Waals surface area contributed by atoms with Crippen molar-refractivity contribution in [2.45, 2.75) is 37.8 Å². The predicted molar refractivity (Wildman–Crippen MR) is 90.6 cm³/mol. The summed E-state index contributed by atoms with van der Waals surface area (Å²) in [6.45, 7) is 4.08. The summed E-state index contributed by atoms with van der Waals surface area (Å²) < 4.78 is 32.6. The monoisotopic (exact) mass is 350 g/mol. The average molecular weight is 350 g/mol. The molecule has 2 aromatic rings. The number of hydrogen-bond acceptors (Lipinski definition) is 4. The number of rotatable bonds is 8. The van der Waals surface area contributed by atoms with Gasteiger partial charge < -0.3 is 9.73 Å². The molecule has 6 nitrogen and oxygen atoms in total. The van der Waals surface area contributed by atoms with Gasteiger partial charge in [0.2, 0.25) is 15.9 Å². The zero-order chi connectivity index (χ0) is 17.6. The standard InChI is InChI=1S/C17H22N2O4S/c1-13(2)11-16(17(20)18-12-14-7-6-10-23-14)19-24(21,22)15-8-4-3-5-9-15/h3-10,13,16,19H,11-12H2,1-2H3,(H,18,20)/t16-/m1/s1. The number of hydrogen-bond donors (Lipinski definition) is 2. The van der Waals surface area contributed by atoms with Gasteiger partial charge in [0.05, 0.1) is 17.7 Å². The van der Waals surface area contributed by atoms with Crippen molar-refractivity contribution in [1.29, 1.82) is 0 Å². The molecule has 0 spiro atoms. The van der Waals surface area contributed by atoms with Crippen LogP contribution < -0.4 is 10.0 Å². The first kappa shape index (κ1) is 18.2. The van der Waals surface area contributed by atoms with Gasteiger partial charge in [0.15, 0.2) is 0 Å². The first-order valence-electron chi connectivity index (χ1n) is 7.76. The molecule has 0 saturated carbocycles. The zero-order valence-electron chi connectivity index (χ0n) is 13.7. The average Bonchev–Trinajstić information content (AvgIpc) is 3.05. The molecule has 1 heterocycles. The second kappa shape index (κ2) is 8.12. The summed E-state index contributed by atoms with van der Waals surface area (Å²) in [5.74, 6) is 0.389. The molecule has 0 fully saturated rings. The van der Waals surface area contributed by atoms with Gasteiger partial charge in [-0.25, -0.2) is 8.42 Å². The van der Waals surface area contributed by atoms with Crippen LogP contribution in [0.5, 0.6) is 0 Å². The van der Waals surface area contributed by atoms with Gasteiger partial charge in [-0.1, -0.05) is 32.0 Å². The van der Waals surface area contributed by atoms with E-state index < -0.39 is 16.1 Å². The van der Waals surface area contributed by atoms with Gasteiger partial charge in [-0.3, -0.25) is 4.79 Å².